The van der Waals surface area contributed by atoms with Gasteiger partial charge in [-0.25, -0.2) is 0 Å². The quantitative estimate of drug-likeness (QED) is 0.862. The third-order valence-corrected chi connectivity index (χ3v) is 5.58. The summed E-state index contributed by atoms with van der Waals surface area (Å²) in [6.45, 7) is 9.00. The standard InChI is InChI=1S/C17H21NO3/c1-14(2)16(19,13-7-5-12(11-18)6-8-13)15(3,4)17(14)20-9-10-21-17/h5-8,19H,9-10H2,1-4H3. The van der Waals surface area contributed by atoms with Crippen molar-refractivity contribution in [1.82, 2.24) is 0 Å². The SMILES string of the molecule is CC1(C)C2(OCCO2)C(C)(C)C1(O)c1ccc(C#N)cc1. The van der Waals surface area contributed by atoms with E-state index in [1.165, 1.54) is 0 Å². The van der Waals surface area contributed by atoms with Gasteiger partial charge in [-0.15, -0.1) is 0 Å². The summed E-state index contributed by atoms with van der Waals surface area (Å²) in [5.74, 6) is -0.775. The summed E-state index contributed by atoms with van der Waals surface area (Å²) in [6, 6.07) is 9.22. The zero-order valence-electron chi connectivity index (χ0n) is 12.9. The highest BCUT2D eigenvalue weighted by Gasteiger charge is 2.83. The van der Waals surface area contributed by atoms with Crippen molar-refractivity contribution in [3.63, 3.8) is 0 Å². The summed E-state index contributed by atoms with van der Waals surface area (Å²) in [6.07, 6.45) is 0. The summed E-state index contributed by atoms with van der Waals surface area (Å²) in [5.41, 5.74) is -0.887. The highest BCUT2D eigenvalue weighted by atomic mass is 16.7. The molecule has 112 valence electrons. The third-order valence-electron chi connectivity index (χ3n) is 5.58. The zero-order valence-corrected chi connectivity index (χ0v) is 12.9. The lowest BCUT2D eigenvalue weighted by Gasteiger charge is -2.73. The molecule has 1 aliphatic carbocycles. The minimum atomic E-state index is -1.08. The van der Waals surface area contributed by atoms with Crippen LogP contribution in [0.5, 0.6) is 0 Å². The van der Waals surface area contributed by atoms with E-state index in [0.717, 1.165) is 5.56 Å². The van der Waals surface area contributed by atoms with Crippen LogP contribution in [0.15, 0.2) is 24.3 Å². The lowest BCUT2D eigenvalue weighted by molar-refractivity contribution is -0.457. The summed E-state index contributed by atoms with van der Waals surface area (Å²) < 4.78 is 11.9. The van der Waals surface area contributed by atoms with Gasteiger partial charge < -0.3 is 14.6 Å². The van der Waals surface area contributed by atoms with Gasteiger partial charge in [-0.1, -0.05) is 39.8 Å². The Hall–Kier alpha value is -1.41. The van der Waals surface area contributed by atoms with Crippen molar-refractivity contribution in [3.05, 3.63) is 35.4 Å². The predicted octanol–water partition coefficient (Wildman–Crippen LogP) is 2.55. The molecule has 0 bridgehead atoms. The van der Waals surface area contributed by atoms with Crippen LogP contribution in [0.2, 0.25) is 0 Å². The first-order chi connectivity index (χ1) is 9.74. The molecule has 1 aromatic carbocycles. The molecule has 4 heteroatoms. The minimum absolute atomic E-state index is 0.552. The average molecular weight is 287 g/mol. The smallest absolute Gasteiger partial charge is 0.184 e. The van der Waals surface area contributed by atoms with Crippen molar-refractivity contribution in [3.8, 4) is 6.07 Å². The van der Waals surface area contributed by atoms with Crippen molar-refractivity contribution < 1.29 is 14.6 Å². The Labute approximate surface area is 125 Å². The molecule has 0 radical (unpaired) electrons. The normalized spacial score (nSPS) is 27.0. The number of ether oxygens (including phenoxy) is 2. The molecule has 21 heavy (non-hydrogen) atoms. The van der Waals surface area contributed by atoms with Crippen molar-refractivity contribution in [2.24, 2.45) is 10.8 Å². The molecule has 3 rings (SSSR count). The van der Waals surface area contributed by atoms with Crippen LogP contribution in [0.3, 0.4) is 0 Å². The second kappa shape index (κ2) is 4.07. The van der Waals surface area contributed by atoms with E-state index in [9.17, 15) is 5.11 Å². The van der Waals surface area contributed by atoms with Gasteiger partial charge in [-0.05, 0) is 17.7 Å². The number of aliphatic hydroxyl groups is 1. The molecule has 1 spiro atoms. The van der Waals surface area contributed by atoms with E-state index in [1.54, 1.807) is 12.1 Å². The largest absolute Gasteiger partial charge is 0.384 e. The number of benzene rings is 1. The van der Waals surface area contributed by atoms with Gasteiger partial charge in [-0.2, -0.15) is 5.26 Å². The molecule has 0 unspecified atom stereocenters. The zero-order chi connectivity index (χ0) is 15.5. The molecule has 1 aromatic rings. The van der Waals surface area contributed by atoms with Crippen molar-refractivity contribution in [1.29, 1.82) is 5.26 Å². The molecule has 4 nitrogen and oxygen atoms in total. The average Bonchev–Trinajstić information content (AvgIpc) is 2.98. The maximum Gasteiger partial charge on any atom is 0.184 e. The lowest BCUT2D eigenvalue weighted by atomic mass is 9.38. The fourth-order valence-corrected chi connectivity index (χ4v) is 4.62. The second-order valence-electron chi connectivity index (χ2n) is 6.96. The van der Waals surface area contributed by atoms with E-state index in [0.29, 0.717) is 18.8 Å². The Morgan fingerprint density at radius 2 is 1.48 bits per heavy atom. The van der Waals surface area contributed by atoms with E-state index in [1.807, 2.05) is 39.8 Å². The van der Waals surface area contributed by atoms with Crippen LogP contribution in [0.25, 0.3) is 0 Å². The number of nitriles is 1. The van der Waals surface area contributed by atoms with Crippen LogP contribution in [0.4, 0.5) is 0 Å². The second-order valence-corrected chi connectivity index (χ2v) is 6.96. The molecule has 0 atom stereocenters. The van der Waals surface area contributed by atoms with Crippen molar-refractivity contribution >= 4 is 0 Å². The lowest BCUT2D eigenvalue weighted by Crippen LogP contribution is -2.82. The van der Waals surface area contributed by atoms with Crippen LogP contribution >= 0.6 is 0 Å². The molecule has 1 N–H and O–H groups in total. The highest BCUT2D eigenvalue weighted by molar-refractivity contribution is 5.41. The number of hydrogen-bond donors (Lipinski definition) is 1. The van der Waals surface area contributed by atoms with Gasteiger partial charge in [0.15, 0.2) is 5.79 Å². The first-order valence-electron chi connectivity index (χ1n) is 7.25. The van der Waals surface area contributed by atoms with Crippen LogP contribution in [0, 0.1) is 22.2 Å². The predicted molar refractivity (Wildman–Crippen MR) is 77.3 cm³/mol. The first-order valence-corrected chi connectivity index (χ1v) is 7.25. The fraction of sp³-hybridized carbons (Fsp3) is 0.588. The third kappa shape index (κ3) is 1.35. The number of nitrogens with zero attached hydrogens (tertiary/aromatic N) is 1. The molecule has 1 saturated heterocycles. The summed E-state index contributed by atoms with van der Waals surface area (Å²) in [4.78, 5) is 0. The summed E-state index contributed by atoms with van der Waals surface area (Å²) in [7, 11) is 0. The van der Waals surface area contributed by atoms with Gasteiger partial charge in [0.25, 0.3) is 0 Å². The summed E-state index contributed by atoms with van der Waals surface area (Å²) >= 11 is 0. The molecule has 0 aromatic heterocycles. The van der Waals surface area contributed by atoms with E-state index >= 15 is 0 Å². The van der Waals surface area contributed by atoms with E-state index in [2.05, 4.69) is 6.07 Å². The number of hydrogen-bond acceptors (Lipinski definition) is 4. The number of rotatable bonds is 1. The Bertz CT molecular complexity index is 586. The minimum Gasteiger partial charge on any atom is -0.384 e. The molecule has 1 aliphatic heterocycles. The fourth-order valence-electron chi connectivity index (χ4n) is 4.62. The maximum atomic E-state index is 11.5. The van der Waals surface area contributed by atoms with E-state index < -0.39 is 22.2 Å². The van der Waals surface area contributed by atoms with Crippen LogP contribution in [0.1, 0.15) is 38.8 Å². The molecular formula is C17H21NO3. The summed E-state index contributed by atoms with van der Waals surface area (Å²) in [5, 5.41) is 20.4. The van der Waals surface area contributed by atoms with E-state index in [4.69, 9.17) is 14.7 Å². The van der Waals surface area contributed by atoms with Crippen molar-refractivity contribution in [2.75, 3.05) is 13.2 Å². The molecule has 1 heterocycles. The van der Waals surface area contributed by atoms with Gasteiger partial charge in [0.05, 0.1) is 35.7 Å². The Balaban J connectivity index is 2.10. The van der Waals surface area contributed by atoms with Crippen molar-refractivity contribution in [2.45, 2.75) is 39.1 Å². The Morgan fingerprint density at radius 3 is 1.90 bits per heavy atom. The van der Waals surface area contributed by atoms with Gasteiger partial charge in [0.2, 0.25) is 0 Å². The van der Waals surface area contributed by atoms with E-state index in [-0.39, 0.29) is 0 Å². The monoisotopic (exact) mass is 287 g/mol. The molecule has 2 fully saturated rings. The Kier molecular flexibility index (Phi) is 2.82. The highest BCUT2D eigenvalue weighted by Crippen LogP contribution is 2.75. The molecular weight excluding hydrogens is 266 g/mol. The van der Waals surface area contributed by atoms with Crippen LogP contribution in [-0.2, 0) is 15.1 Å². The first kappa shape index (κ1) is 14.5. The molecule has 2 aliphatic rings. The van der Waals surface area contributed by atoms with Gasteiger partial charge in [-0.3, -0.25) is 0 Å². The molecule has 1 saturated carbocycles. The van der Waals surface area contributed by atoms with Crippen LogP contribution < -0.4 is 0 Å². The topological polar surface area (TPSA) is 62.5 Å². The Morgan fingerprint density at radius 1 is 1.00 bits per heavy atom. The van der Waals surface area contributed by atoms with Gasteiger partial charge in [0, 0.05) is 0 Å². The van der Waals surface area contributed by atoms with Gasteiger partial charge in [0.1, 0.15) is 5.60 Å². The van der Waals surface area contributed by atoms with Gasteiger partial charge >= 0.3 is 0 Å². The molecule has 0 amide bonds. The van der Waals surface area contributed by atoms with Crippen LogP contribution in [-0.4, -0.2) is 24.1 Å². The maximum absolute atomic E-state index is 11.5.